The summed E-state index contributed by atoms with van der Waals surface area (Å²) in [5.41, 5.74) is 2.94. The van der Waals surface area contributed by atoms with E-state index in [1.54, 1.807) is 23.9 Å². The molecule has 130 valence electrons. The molecule has 0 saturated heterocycles. The first-order valence-corrected chi connectivity index (χ1v) is 9.36. The van der Waals surface area contributed by atoms with Crippen molar-refractivity contribution in [2.45, 2.75) is 19.1 Å². The molecule has 0 aliphatic carbocycles. The van der Waals surface area contributed by atoms with Crippen molar-refractivity contribution >= 4 is 17.7 Å². The lowest BCUT2D eigenvalue weighted by Crippen LogP contribution is -2.27. The zero-order valence-electron chi connectivity index (χ0n) is 14.3. The average molecular weight is 354 g/mol. The molecule has 4 nitrogen and oxygen atoms in total. The van der Waals surface area contributed by atoms with Crippen LogP contribution in [-0.4, -0.2) is 24.8 Å². The van der Waals surface area contributed by atoms with Gasteiger partial charge in [-0.05, 0) is 48.7 Å². The Balaban J connectivity index is 1.54. The second kappa shape index (κ2) is 10.4. The highest BCUT2D eigenvalue weighted by molar-refractivity contribution is 7.99. The van der Waals surface area contributed by atoms with Crippen LogP contribution in [0.25, 0.3) is 0 Å². The van der Waals surface area contributed by atoms with Crippen LogP contribution < -0.4 is 10.1 Å². The molecule has 0 aliphatic heterocycles. The van der Waals surface area contributed by atoms with Crippen molar-refractivity contribution in [2.24, 2.45) is 0 Å². The molecule has 25 heavy (non-hydrogen) atoms. The number of amides is 1. The van der Waals surface area contributed by atoms with E-state index < -0.39 is 0 Å². The summed E-state index contributed by atoms with van der Waals surface area (Å²) in [5.74, 6) is 2.09. The van der Waals surface area contributed by atoms with E-state index in [2.05, 4.69) is 11.4 Å². The molecule has 2 aromatic carbocycles. The summed E-state index contributed by atoms with van der Waals surface area (Å²) in [4.78, 5) is 11.8. The number of aryl methyl sites for hydroxylation is 1. The predicted octanol–water partition coefficient (Wildman–Crippen LogP) is 3.69. The molecule has 0 saturated carbocycles. The Morgan fingerprint density at radius 1 is 1.24 bits per heavy atom. The average Bonchev–Trinajstić information content (AvgIpc) is 2.62. The Bertz CT molecular complexity index is 723. The van der Waals surface area contributed by atoms with E-state index >= 15 is 0 Å². The number of nitriles is 1. The summed E-state index contributed by atoms with van der Waals surface area (Å²) in [7, 11) is 0. The molecule has 2 rings (SSSR count). The van der Waals surface area contributed by atoms with Crippen LogP contribution in [0, 0.1) is 18.3 Å². The van der Waals surface area contributed by atoms with E-state index in [1.807, 2.05) is 43.3 Å². The van der Waals surface area contributed by atoms with E-state index in [9.17, 15) is 4.79 Å². The maximum atomic E-state index is 11.8. The summed E-state index contributed by atoms with van der Waals surface area (Å²) >= 11 is 1.56. The molecule has 0 aromatic heterocycles. The van der Waals surface area contributed by atoms with Gasteiger partial charge in [0.2, 0.25) is 5.91 Å². The largest absolute Gasteiger partial charge is 0.494 e. The van der Waals surface area contributed by atoms with Crippen LogP contribution in [0.5, 0.6) is 5.75 Å². The first-order chi connectivity index (χ1) is 12.2. The molecular formula is C20H22N2O2S. The highest BCUT2D eigenvalue weighted by Crippen LogP contribution is 2.13. The van der Waals surface area contributed by atoms with Gasteiger partial charge in [0.25, 0.3) is 0 Å². The maximum absolute atomic E-state index is 11.8. The molecule has 0 unspecified atom stereocenters. The lowest BCUT2D eigenvalue weighted by molar-refractivity contribution is -0.118. The van der Waals surface area contributed by atoms with Crippen molar-refractivity contribution in [3.05, 3.63) is 65.2 Å². The molecule has 1 N–H and O–H groups in total. The zero-order chi connectivity index (χ0) is 17.9. The van der Waals surface area contributed by atoms with Crippen molar-refractivity contribution in [1.29, 1.82) is 5.26 Å². The number of benzene rings is 2. The third-order valence-electron chi connectivity index (χ3n) is 3.49. The molecule has 0 atom stereocenters. The van der Waals surface area contributed by atoms with Gasteiger partial charge in [0.15, 0.2) is 0 Å². The van der Waals surface area contributed by atoms with Crippen LogP contribution in [-0.2, 0) is 10.5 Å². The summed E-state index contributed by atoms with van der Waals surface area (Å²) in [6.07, 6.45) is 0.778. The molecule has 0 fully saturated rings. The van der Waals surface area contributed by atoms with Gasteiger partial charge in [-0.3, -0.25) is 4.79 Å². The number of carbonyl (C=O) groups is 1. The highest BCUT2D eigenvalue weighted by Gasteiger charge is 2.02. The third-order valence-corrected chi connectivity index (χ3v) is 4.49. The fraction of sp³-hybridized carbons (Fsp3) is 0.300. The van der Waals surface area contributed by atoms with Crippen molar-refractivity contribution < 1.29 is 9.53 Å². The number of ether oxygens (including phenoxy) is 1. The van der Waals surface area contributed by atoms with Gasteiger partial charge in [-0.2, -0.15) is 5.26 Å². The van der Waals surface area contributed by atoms with Gasteiger partial charge in [-0.1, -0.05) is 24.3 Å². The molecule has 0 spiro atoms. The number of rotatable bonds is 9. The molecule has 1 amide bonds. The predicted molar refractivity (Wildman–Crippen MR) is 102 cm³/mol. The number of nitrogens with one attached hydrogen (secondary N) is 1. The molecular weight excluding hydrogens is 332 g/mol. The summed E-state index contributed by atoms with van der Waals surface area (Å²) in [6.45, 7) is 3.23. The Kier molecular flexibility index (Phi) is 7.87. The Morgan fingerprint density at radius 2 is 2.04 bits per heavy atom. The summed E-state index contributed by atoms with van der Waals surface area (Å²) < 4.78 is 5.65. The molecule has 5 heteroatoms. The number of carbonyl (C=O) groups excluding carboxylic acids is 1. The van der Waals surface area contributed by atoms with E-state index in [-0.39, 0.29) is 5.91 Å². The lowest BCUT2D eigenvalue weighted by atomic mass is 10.2. The summed E-state index contributed by atoms with van der Waals surface area (Å²) in [6, 6.07) is 17.5. The number of nitrogens with zero attached hydrogens (tertiary/aromatic N) is 1. The van der Waals surface area contributed by atoms with Crippen molar-refractivity contribution in [2.75, 3.05) is 18.9 Å². The third kappa shape index (κ3) is 7.32. The number of hydrogen-bond acceptors (Lipinski definition) is 4. The van der Waals surface area contributed by atoms with Crippen molar-refractivity contribution in [3.63, 3.8) is 0 Å². The topological polar surface area (TPSA) is 62.1 Å². The minimum absolute atomic E-state index is 0.0363. The van der Waals surface area contributed by atoms with Gasteiger partial charge >= 0.3 is 0 Å². The van der Waals surface area contributed by atoms with Crippen LogP contribution in [0.4, 0.5) is 0 Å². The molecule has 0 radical (unpaired) electrons. The van der Waals surface area contributed by atoms with Crippen LogP contribution in [0.15, 0.2) is 48.5 Å². The van der Waals surface area contributed by atoms with E-state index in [1.165, 1.54) is 5.56 Å². The monoisotopic (exact) mass is 354 g/mol. The van der Waals surface area contributed by atoms with Crippen LogP contribution in [0.1, 0.15) is 23.1 Å². The van der Waals surface area contributed by atoms with Crippen LogP contribution in [0.3, 0.4) is 0 Å². The zero-order valence-corrected chi connectivity index (χ0v) is 15.1. The maximum Gasteiger partial charge on any atom is 0.230 e. The summed E-state index contributed by atoms with van der Waals surface area (Å²) in [5, 5.41) is 11.7. The number of hydrogen-bond donors (Lipinski definition) is 1. The van der Waals surface area contributed by atoms with Gasteiger partial charge in [-0.25, -0.2) is 0 Å². The SMILES string of the molecule is Cc1cccc(OCCCNC(=O)CSCc2ccc(C#N)cc2)c1. The molecule has 0 bridgehead atoms. The molecule has 0 heterocycles. The van der Waals surface area contributed by atoms with Crippen molar-refractivity contribution in [3.8, 4) is 11.8 Å². The minimum atomic E-state index is 0.0363. The van der Waals surface area contributed by atoms with Crippen LogP contribution in [0.2, 0.25) is 0 Å². The van der Waals surface area contributed by atoms with Gasteiger partial charge < -0.3 is 10.1 Å². The Morgan fingerprint density at radius 3 is 2.76 bits per heavy atom. The Labute approximate surface area is 153 Å². The fourth-order valence-corrected chi connectivity index (χ4v) is 3.00. The first-order valence-electron chi connectivity index (χ1n) is 8.20. The van der Waals surface area contributed by atoms with E-state index in [0.29, 0.717) is 24.5 Å². The van der Waals surface area contributed by atoms with Gasteiger partial charge in [-0.15, -0.1) is 11.8 Å². The van der Waals surface area contributed by atoms with E-state index in [0.717, 1.165) is 23.5 Å². The normalized spacial score (nSPS) is 10.1. The minimum Gasteiger partial charge on any atom is -0.494 e. The van der Waals surface area contributed by atoms with Crippen LogP contribution >= 0.6 is 11.8 Å². The molecule has 0 aliphatic rings. The molecule has 2 aromatic rings. The standard InChI is InChI=1S/C20H22N2O2S/c1-16-4-2-5-19(12-16)24-11-3-10-22-20(23)15-25-14-18-8-6-17(13-21)7-9-18/h2,4-9,12H,3,10-11,14-15H2,1H3,(H,22,23). The number of thioether (sulfide) groups is 1. The highest BCUT2D eigenvalue weighted by atomic mass is 32.2. The second-order valence-electron chi connectivity index (χ2n) is 5.67. The van der Waals surface area contributed by atoms with Gasteiger partial charge in [0.1, 0.15) is 5.75 Å². The van der Waals surface area contributed by atoms with E-state index in [4.69, 9.17) is 10.00 Å². The lowest BCUT2D eigenvalue weighted by Gasteiger charge is -2.08. The fourth-order valence-electron chi connectivity index (χ4n) is 2.18. The first kappa shape index (κ1) is 18.9. The van der Waals surface area contributed by atoms with Crippen molar-refractivity contribution in [1.82, 2.24) is 5.32 Å². The van der Waals surface area contributed by atoms with Gasteiger partial charge in [0, 0.05) is 12.3 Å². The Hall–Kier alpha value is -2.45. The second-order valence-corrected chi connectivity index (χ2v) is 6.66. The quantitative estimate of drug-likeness (QED) is 0.698. The smallest absolute Gasteiger partial charge is 0.230 e. The van der Waals surface area contributed by atoms with Gasteiger partial charge in [0.05, 0.1) is 24.0 Å².